The van der Waals surface area contributed by atoms with Gasteiger partial charge in [-0.2, -0.15) is 0 Å². The molecule has 1 fully saturated rings. The molecule has 1 saturated carbocycles. The highest BCUT2D eigenvalue weighted by atomic mass is 16.5. The van der Waals surface area contributed by atoms with Gasteiger partial charge in [-0.25, -0.2) is 0 Å². The summed E-state index contributed by atoms with van der Waals surface area (Å²) in [5, 5.41) is 0. The first-order valence-electron chi connectivity index (χ1n) is 9.63. The van der Waals surface area contributed by atoms with Crippen molar-refractivity contribution < 1.29 is 9.53 Å². The molecule has 0 heterocycles. The van der Waals surface area contributed by atoms with Crippen molar-refractivity contribution in [2.24, 2.45) is 11.8 Å². The lowest BCUT2D eigenvalue weighted by Gasteiger charge is -2.27. The minimum absolute atomic E-state index is 0.0543. The van der Waals surface area contributed by atoms with Gasteiger partial charge in [-0.1, -0.05) is 68.7 Å². The van der Waals surface area contributed by atoms with Crippen molar-refractivity contribution >= 4 is 5.97 Å². The van der Waals surface area contributed by atoms with Gasteiger partial charge in [0.1, 0.15) is 5.75 Å². The van der Waals surface area contributed by atoms with E-state index in [2.05, 4.69) is 19.1 Å². The molecule has 132 valence electrons. The summed E-state index contributed by atoms with van der Waals surface area (Å²) < 4.78 is 5.62. The number of carbonyl (C=O) groups is 1. The Kier molecular flexibility index (Phi) is 6.27. The quantitative estimate of drug-likeness (QED) is 0.460. The Bertz CT molecular complexity index is 652. The van der Waals surface area contributed by atoms with Gasteiger partial charge in [-0.15, -0.1) is 0 Å². The molecule has 0 aromatic heterocycles. The van der Waals surface area contributed by atoms with Crippen LogP contribution in [0.3, 0.4) is 0 Å². The van der Waals surface area contributed by atoms with Gasteiger partial charge in [0.25, 0.3) is 0 Å². The fraction of sp³-hybridized carbons (Fsp3) is 0.435. The molecule has 0 N–H and O–H groups in total. The Balaban J connectivity index is 1.52. The monoisotopic (exact) mass is 336 g/mol. The van der Waals surface area contributed by atoms with Gasteiger partial charge < -0.3 is 4.74 Å². The minimum atomic E-state index is -0.0543. The number of unbranched alkanes of at least 4 members (excludes halogenated alkanes) is 1. The smallest absolute Gasteiger partial charge is 0.314 e. The van der Waals surface area contributed by atoms with Gasteiger partial charge in [0.15, 0.2) is 0 Å². The molecule has 2 aromatic rings. The number of rotatable bonds is 6. The Morgan fingerprint density at radius 2 is 1.56 bits per heavy atom. The molecule has 0 aliphatic heterocycles. The minimum Gasteiger partial charge on any atom is -0.426 e. The topological polar surface area (TPSA) is 26.3 Å². The third kappa shape index (κ3) is 4.94. The van der Waals surface area contributed by atoms with Gasteiger partial charge >= 0.3 is 5.97 Å². The van der Waals surface area contributed by atoms with Crippen molar-refractivity contribution in [1.29, 1.82) is 0 Å². The van der Waals surface area contributed by atoms with Gasteiger partial charge in [-0.3, -0.25) is 4.79 Å². The molecule has 0 unspecified atom stereocenters. The first kappa shape index (κ1) is 17.7. The van der Waals surface area contributed by atoms with Crippen LogP contribution in [-0.4, -0.2) is 5.97 Å². The highest BCUT2D eigenvalue weighted by molar-refractivity contribution is 5.75. The molecule has 0 bridgehead atoms. The Morgan fingerprint density at radius 1 is 0.920 bits per heavy atom. The number of hydrogen-bond donors (Lipinski definition) is 0. The van der Waals surface area contributed by atoms with E-state index < -0.39 is 0 Å². The largest absolute Gasteiger partial charge is 0.426 e. The van der Waals surface area contributed by atoms with E-state index >= 15 is 0 Å². The van der Waals surface area contributed by atoms with Crippen LogP contribution in [0.5, 0.6) is 5.75 Å². The zero-order chi connectivity index (χ0) is 17.5. The Morgan fingerprint density at radius 3 is 2.20 bits per heavy atom. The summed E-state index contributed by atoms with van der Waals surface area (Å²) in [7, 11) is 0. The van der Waals surface area contributed by atoms with E-state index in [4.69, 9.17) is 4.74 Å². The summed E-state index contributed by atoms with van der Waals surface area (Å²) in [6, 6.07) is 18.0. The molecule has 25 heavy (non-hydrogen) atoms. The van der Waals surface area contributed by atoms with E-state index in [0.29, 0.717) is 5.75 Å². The zero-order valence-electron chi connectivity index (χ0n) is 15.1. The SMILES string of the molecule is CCCCC1CCC(C(=O)Oc2ccc(-c3ccccc3)cc2)CC1. The predicted octanol–water partition coefficient (Wildman–Crippen LogP) is 6.26. The maximum Gasteiger partial charge on any atom is 0.314 e. The van der Waals surface area contributed by atoms with E-state index in [0.717, 1.165) is 24.3 Å². The molecule has 3 rings (SSSR count). The lowest BCUT2D eigenvalue weighted by molar-refractivity contribution is -0.140. The van der Waals surface area contributed by atoms with Crippen LogP contribution in [0.2, 0.25) is 0 Å². The predicted molar refractivity (Wildman–Crippen MR) is 102 cm³/mol. The zero-order valence-corrected chi connectivity index (χ0v) is 15.1. The van der Waals surface area contributed by atoms with Crippen LogP contribution in [0.25, 0.3) is 11.1 Å². The first-order valence-corrected chi connectivity index (χ1v) is 9.63. The van der Waals surface area contributed by atoms with E-state index in [1.165, 1.54) is 37.7 Å². The van der Waals surface area contributed by atoms with Crippen molar-refractivity contribution in [2.75, 3.05) is 0 Å². The highest BCUT2D eigenvalue weighted by Crippen LogP contribution is 2.33. The second-order valence-corrected chi connectivity index (χ2v) is 7.17. The van der Waals surface area contributed by atoms with Crippen LogP contribution in [0.4, 0.5) is 0 Å². The number of hydrogen-bond acceptors (Lipinski definition) is 2. The van der Waals surface area contributed by atoms with E-state index in [1.54, 1.807) is 0 Å². The molecule has 2 aromatic carbocycles. The first-order chi connectivity index (χ1) is 12.3. The number of esters is 1. The van der Waals surface area contributed by atoms with Crippen LogP contribution in [0.1, 0.15) is 51.9 Å². The third-order valence-corrected chi connectivity index (χ3v) is 5.33. The molecule has 0 radical (unpaired) electrons. The maximum absolute atomic E-state index is 12.4. The molecule has 0 amide bonds. The summed E-state index contributed by atoms with van der Waals surface area (Å²) in [5.41, 5.74) is 2.31. The summed E-state index contributed by atoms with van der Waals surface area (Å²) >= 11 is 0. The standard InChI is InChI=1S/C23H28O2/c1-2-3-7-18-10-12-21(13-11-18)23(24)25-22-16-14-20(15-17-22)19-8-5-4-6-9-19/h4-6,8-9,14-18,21H,2-3,7,10-13H2,1H3. The fourth-order valence-electron chi connectivity index (χ4n) is 3.73. The van der Waals surface area contributed by atoms with Crippen LogP contribution < -0.4 is 4.74 Å². The van der Waals surface area contributed by atoms with Gasteiger partial charge in [0, 0.05) is 0 Å². The molecule has 1 aliphatic rings. The molecule has 1 aliphatic carbocycles. The third-order valence-electron chi connectivity index (χ3n) is 5.33. The average molecular weight is 336 g/mol. The second kappa shape index (κ2) is 8.84. The molecule has 2 nitrogen and oxygen atoms in total. The van der Waals surface area contributed by atoms with Crippen molar-refractivity contribution in [3.05, 3.63) is 54.6 Å². The van der Waals surface area contributed by atoms with E-state index in [-0.39, 0.29) is 11.9 Å². The van der Waals surface area contributed by atoms with Gasteiger partial charge in [0.05, 0.1) is 5.92 Å². The van der Waals surface area contributed by atoms with Crippen molar-refractivity contribution in [1.82, 2.24) is 0 Å². The number of benzene rings is 2. The van der Waals surface area contributed by atoms with Crippen molar-refractivity contribution in [2.45, 2.75) is 51.9 Å². The van der Waals surface area contributed by atoms with Gasteiger partial charge in [-0.05, 0) is 54.9 Å². The van der Waals surface area contributed by atoms with Crippen LogP contribution in [0.15, 0.2) is 54.6 Å². The summed E-state index contributed by atoms with van der Waals surface area (Å²) in [6.07, 6.45) is 8.21. The van der Waals surface area contributed by atoms with E-state index in [9.17, 15) is 4.79 Å². The molecular formula is C23H28O2. The second-order valence-electron chi connectivity index (χ2n) is 7.17. The summed E-state index contributed by atoms with van der Waals surface area (Å²) in [6.45, 7) is 2.24. The Hall–Kier alpha value is -2.09. The molecule has 2 heteroatoms. The summed E-state index contributed by atoms with van der Waals surface area (Å²) in [4.78, 5) is 12.4. The maximum atomic E-state index is 12.4. The van der Waals surface area contributed by atoms with Gasteiger partial charge in [0.2, 0.25) is 0 Å². The molecule has 0 saturated heterocycles. The molecule has 0 spiro atoms. The number of carbonyl (C=O) groups excluding carboxylic acids is 1. The lowest BCUT2D eigenvalue weighted by atomic mass is 9.80. The summed E-state index contributed by atoms with van der Waals surface area (Å²) in [5.74, 6) is 1.49. The van der Waals surface area contributed by atoms with Crippen LogP contribution in [-0.2, 0) is 4.79 Å². The van der Waals surface area contributed by atoms with Crippen LogP contribution >= 0.6 is 0 Å². The lowest BCUT2D eigenvalue weighted by Crippen LogP contribution is -2.25. The Labute approximate surface area is 151 Å². The van der Waals surface area contributed by atoms with Crippen LogP contribution in [0, 0.1) is 11.8 Å². The number of ether oxygens (including phenoxy) is 1. The van der Waals surface area contributed by atoms with Crippen molar-refractivity contribution in [3.8, 4) is 16.9 Å². The van der Waals surface area contributed by atoms with Crippen molar-refractivity contribution in [3.63, 3.8) is 0 Å². The molecule has 0 atom stereocenters. The molecular weight excluding hydrogens is 308 g/mol. The highest BCUT2D eigenvalue weighted by Gasteiger charge is 2.27. The normalized spacial score (nSPS) is 20.2. The average Bonchev–Trinajstić information content (AvgIpc) is 2.68. The van der Waals surface area contributed by atoms with E-state index in [1.807, 2.05) is 42.5 Å². The fourth-order valence-corrected chi connectivity index (χ4v) is 3.73.